The van der Waals surface area contributed by atoms with Gasteiger partial charge in [-0.3, -0.25) is 19.2 Å². The van der Waals surface area contributed by atoms with E-state index in [9.17, 15) is 24.3 Å². The lowest BCUT2D eigenvalue weighted by Crippen LogP contribution is -2.59. The predicted octanol–water partition coefficient (Wildman–Crippen LogP) is 4.62. The summed E-state index contributed by atoms with van der Waals surface area (Å²) in [4.78, 5) is 59.0. The number of rotatable bonds is 15. The maximum absolute atomic E-state index is 14.8. The zero-order valence-electron chi connectivity index (χ0n) is 27.4. The Kier molecular flexibility index (Phi) is 11.1. The van der Waals surface area contributed by atoms with Gasteiger partial charge < -0.3 is 29.7 Å². The van der Waals surface area contributed by atoms with Crippen LogP contribution in [0.1, 0.15) is 51.1 Å². The van der Waals surface area contributed by atoms with Gasteiger partial charge in [-0.15, -0.1) is 13.2 Å². The van der Waals surface area contributed by atoms with Crippen LogP contribution in [0.25, 0.3) is 0 Å². The molecular formula is C37H44ClN3O7. The van der Waals surface area contributed by atoms with Crippen molar-refractivity contribution in [3.8, 4) is 0 Å². The van der Waals surface area contributed by atoms with E-state index in [4.69, 9.17) is 21.1 Å². The van der Waals surface area contributed by atoms with E-state index < -0.39 is 65.4 Å². The number of nitrogens with one attached hydrogen (secondary N) is 1. The van der Waals surface area contributed by atoms with Gasteiger partial charge in [0.1, 0.15) is 18.2 Å². The van der Waals surface area contributed by atoms with Crippen LogP contribution in [0, 0.1) is 17.8 Å². The van der Waals surface area contributed by atoms with Gasteiger partial charge in [0.15, 0.2) is 0 Å². The Morgan fingerprint density at radius 2 is 1.85 bits per heavy atom. The van der Waals surface area contributed by atoms with E-state index in [2.05, 4.69) is 18.5 Å². The second kappa shape index (κ2) is 15.1. The molecule has 3 aliphatic heterocycles. The number of amides is 3. The number of halogens is 1. The lowest BCUT2D eigenvalue weighted by Gasteiger charge is -2.40. The Labute approximate surface area is 286 Å². The lowest BCUT2D eigenvalue weighted by atomic mass is 9.70. The highest BCUT2D eigenvalue weighted by Crippen LogP contribution is 2.59. The molecule has 7 atom stereocenters. The highest BCUT2D eigenvalue weighted by atomic mass is 35.5. The fourth-order valence-corrected chi connectivity index (χ4v) is 7.78. The second-order valence-corrected chi connectivity index (χ2v) is 13.4. The second-order valence-electron chi connectivity index (χ2n) is 13.0. The molecule has 1 spiro atoms. The number of hydrogen-bond acceptors (Lipinski definition) is 7. The number of likely N-dealkylation sites (tertiary alicyclic amines) is 1. The third-order valence-corrected chi connectivity index (χ3v) is 10.1. The average Bonchev–Trinajstić information content (AvgIpc) is 3.73. The summed E-state index contributed by atoms with van der Waals surface area (Å²) in [6.45, 7) is 10.9. The number of anilines is 1. The molecule has 3 aliphatic rings. The third kappa shape index (κ3) is 6.53. The van der Waals surface area contributed by atoms with Crippen molar-refractivity contribution in [3.63, 3.8) is 0 Å². The molecule has 3 heterocycles. The van der Waals surface area contributed by atoms with Gasteiger partial charge in [0.05, 0.1) is 47.3 Å². The summed E-state index contributed by atoms with van der Waals surface area (Å²) in [6, 6.07) is 13.6. The van der Waals surface area contributed by atoms with Gasteiger partial charge in [0.25, 0.3) is 5.91 Å². The van der Waals surface area contributed by atoms with Crippen molar-refractivity contribution < 1.29 is 33.8 Å². The van der Waals surface area contributed by atoms with E-state index >= 15 is 0 Å². The van der Waals surface area contributed by atoms with Crippen LogP contribution in [0.4, 0.5) is 5.69 Å². The SMILES string of the molecule is C=CCCC(=O)OC[C@@H](NC(=O)[C@@H]1[C@H]2C(=O)N([C@@H](CO)C(C)C)[C@H](C(=O)N(CC=C)c3ccccc3Cl)[C@]23CC[C@H]1O3)c1ccccc1. The van der Waals surface area contributed by atoms with Crippen LogP contribution in [0.15, 0.2) is 79.9 Å². The van der Waals surface area contributed by atoms with Gasteiger partial charge in [-0.1, -0.05) is 80.1 Å². The maximum Gasteiger partial charge on any atom is 0.306 e. The van der Waals surface area contributed by atoms with Gasteiger partial charge in [-0.2, -0.15) is 0 Å². The van der Waals surface area contributed by atoms with Gasteiger partial charge in [0, 0.05) is 13.0 Å². The fraction of sp³-hybridized carbons (Fsp3) is 0.459. The summed E-state index contributed by atoms with van der Waals surface area (Å²) in [6.07, 6.45) is 4.09. The predicted molar refractivity (Wildman–Crippen MR) is 182 cm³/mol. The van der Waals surface area contributed by atoms with Gasteiger partial charge in [-0.05, 0) is 42.9 Å². The van der Waals surface area contributed by atoms with E-state index in [-0.39, 0.29) is 32.1 Å². The van der Waals surface area contributed by atoms with E-state index in [1.54, 1.807) is 36.4 Å². The molecule has 0 unspecified atom stereocenters. The van der Waals surface area contributed by atoms with Gasteiger partial charge >= 0.3 is 5.97 Å². The molecule has 2 aromatic carbocycles. The molecule has 256 valence electrons. The van der Waals surface area contributed by atoms with Crippen LogP contribution in [0.2, 0.25) is 5.02 Å². The smallest absolute Gasteiger partial charge is 0.306 e. The quantitative estimate of drug-likeness (QED) is 0.208. The number of benzene rings is 2. The maximum atomic E-state index is 14.8. The molecule has 0 radical (unpaired) electrons. The monoisotopic (exact) mass is 677 g/mol. The molecule has 10 nitrogen and oxygen atoms in total. The molecule has 3 fully saturated rings. The third-order valence-electron chi connectivity index (χ3n) is 9.79. The number of fused-ring (bicyclic) bond motifs is 1. The van der Waals surface area contributed by atoms with Gasteiger partial charge in [-0.25, -0.2) is 0 Å². The van der Waals surface area contributed by atoms with Crippen LogP contribution < -0.4 is 10.2 Å². The van der Waals surface area contributed by atoms with Crippen molar-refractivity contribution in [2.24, 2.45) is 17.8 Å². The number of ether oxygens (including phenoxy) is 2. The average molecular weight is 678 g/mol. The minimum atomic E-state index is -1.30. The standard InChI is InChI=1S/C37H44ClN3O7/c1-5-7-17-30(43)47-22-26(24-13-9-8-10-14-24)39-34(44)31-29-18-19-37(48-29)32(31)35(45)41(28(21-42)23(3)4)33(37)36(46)40(20-6-2)27-16-12-11-15-25(27)38/h5-6,8-16,23,26,28-29,31-33,42H,1-2,7,17-22H2,3-4H3,(H,39,44)/t26-,28+,29-,31+,32+,33-,37+/m1/s1. The highest BCUT2D eigenvalue weighted by Gasteiger charge is 2.75. The Balaban J connectivity index is 1.50. The number of aliphatic hydroxyl groups excluding tert-OH is 1. The van der Waals surface area contributed by atoms with Crippen LogP contribution >= 0.6 is 11.6 Å². The molecular weight excluding hydrogens is 634 g/mol. The molecule has 3 saturated heterocycles. The molecule has 0 aromatic heterocycles. The molecule has 48 heavy (non-hydrogen) atoms. The Bertz CT molecular complexity index is 1530. The summed E-state index contributed by atoms with van der Waals surface area (Å²) in [7, 11) is 0. The fourth-order valence-electron chi connectivity index (χ4n) is 7.55. The number of nitrogens with zero attached hydrogens (tertiary/aromatic N) is 2. The Morgan fingerprint density at radius 3 is 2.50 bits per heavy atom. The van der Waals surface area contributed by atoms with Crippen molar-refractivity contribution >= 4 is 41.0 Å². The van der Waals surface area contributed by atoms with E-state index in [0.717, 1.165) is 5.56 Å². The van der Waals surface area contributed by atoms with Crippen LogP contribution in [0.3, 0.4) is 0 Å². The van der Waals surface area contributed by atoms with Gasteiger partial charge in [0.2, 0.25) is 11.8 Å². The van der Waals surface area contributed by atoms with Crippen molar-refractivity contribution in [3.05, 3.63) is 90.5 Å². The normalized spacial score (nSPS) is 25.4. The first-order chi connectivity index (χ1) is 23.1. The number of aliphatic hydroxyl groups is 1. The largest absolute Gasteiger partial charge is 0.463 e. The summed E-state index contributed by atoms with van der Waals surface area (Å²) in [5.74, 6) is -3.76. The van der Waals surface area contributed by atoms with Crippen molar-refractivity contribution in [2.45, 2.75) is 69.4 Å². The zero-order valence-corrected chi connectivity index (χ0v) is 28.2. The summed E-state index contributed by atoms with van der Waals surface area (Å²) in [5.41, 5.74) is -0.117. The van der Waals surface area contributed by atoms with E-state index in [1.165, 1.54) is 9.80 Å². The summed E-state index contributed by atoms with van der Waals surface area (Å²) in [5, 5.41) is 14.0. The zero-order chi connectivity index (χ0) is 34.6. The van der Waals surface area contributed by atoms with Crippen molar-refractivity contribution in [1.82, 2.24) is 10.2 Å². The Hall–Kier alpha value is -3.99. The highest BCUT2D eigenvalue weighted by molar-refractivity contribution is 6.34. The van der Waals surface area contributed by atoms with Crippen molar-refractivity contribution in [1.29, 1.82) is 0 Å². The Morgan fingerprint density at radius 1 is 1.15 bits per heavy atom. The van der Waals surface area contributed by atoms with Crippen molar-refractivity contribution in [2.75, 3.05) is 24.7 Å². The number of allylic oxidation sites excluding steroid dienone is 1. The first-order valence-corrected chi connectivity index (χ1v) is 16.9. The topological polar surface area (TPSA) is 125 Å². The van der Waals surface area contributed by atoms with Crippen LogP contribution in [-0.4, -0.2) is 77.2 Å². The number of carbonyl (C=O) groups excluding carboxylic acids is 4. The molecule has 2 aromatic rings. The van der Waals surface area contributed by atoms with Crippen LogP contribution in [-0.2, 0) is 28.7 Å². The summed E-state index contributed by atoms with van der Waals surface area (Å²) < 4.78 is 12.2. The molecule has 0 aliphatic carbocycles. The minimum absolute atomic E-state index is 0.102. The van der Waals surface area contributed by atoms with Crippen LogP contribution in [0.5, 0.6) is 0 Å². The first kappa shape index (κ1) is 35.3. The summed E-state index contributed by atoms with van der Waals surface area (Å²) >= 11 is 6.56. The van der Waals surface area contributed by atoms with E-state index in [0.29, 0.717) is 30.0 Å². The molecule has 5 rings (SSSR count). The molecule has 0 saturated carbocycles. The number of carbonyl (C=O) groups is 4. The lowest BCUT2D eigenvalue weighted by molar-refractivity contribution is -0.147. The molecule has 2 bridgehead atoms. The van der Waals surface area contributed by atoms with E-state index in [1.807, 2.05) is 44.2 Å². The first-order valence-electron chi connectivity index (χ1n) is 16.5. The number of hydrogen-bond donors (Lipinski definition) is 2. The molecule has 3 amide bonds. The minimum Gasteiger partial charge on any atom is -0.463 e. The number of para-hydroxylation sites is 1. The number of esters is 1. The molecule has 11 heteroatoms. The molecule has 2 N–H and O–H groups in total.